The van der Waals surface area contributed by atoms with Gasteiger partial charge < -0.3 is 10.4 Å². The normalized spacial score (nSPS) is 19.6. The Labute approximate surface area is 110 Å². The van der Waals surface area contributed by atoms with Gasteiger partial charge in [0.2, 0.25) is 0 Å². The second-order valence-corrected chi connectivity index (χ2v) is 6.35. The van der Waals surface area contributed by atoms with Gasteiger partial charge in [-0.15, -0.1) is 0 Å². The third kappa shape index (κ3) is 2.76. The van der Waals surface area contributed by atoms with Crippen LogP contribution in [0.1, 0.15) is 39.2 Å². The fourth-order valence-electron chi connectivity index (χ4n) is 2.31. The topological polar surface area (TPSA) is 32.3 Å². The average Bonchev–Trinajstić information content (AvgIpc) is 3.17. The highest BCUT2D eigenvalue weighted by molar-refractivity contribution is 5.25. The first-order chi connectivity index (χ1) is 8.50. The molecule has 1 aromatic carbocycles. The zero-order valence-corrected chi connectivity index (χ0v) is 11.7. The van der Waals surface area contributed by atoms with Gasteiger partial charge in [0.1, 0.15) is 0 Å². The van der Waals surface area contributed by atoms with E-state index >= 15 is 0 Å². The summed E-state index contributed by atoms with van der Waals surface area (Å²) in [5.74, 6) is 0. The highest BCUT2D eigenvalue weighted by Gasteiger charge is 2.42. The van der Waals surface area contributed by atoms with Gasteiger partial charge in [-0.25, -0.2) is 0 Å². The Morgan fingerprint density at radius 1 is 1.28 bits per heavy atom. The minimum atomic E-state index is 0.104. The molecule has 1 atom stereocenters. The highest BCUT2D eigenvalue weighted by Crippen LogP contribution is 2.44. The van der Waals surface area contributed by atoms with Gasteiger partial charge in [0, 0.05) is 30.0 Å². The largest absolute Gasteiger partial charge is 0.396 e. The summed E-state index contributed by atoms with van der Waals surface area (Å²) in [6, 6.07) is 11.0. The van der Waals surface area contributed by atoms with Crippen molar-refractivity contribution in [2.75, 3.05) is 13.2 Å². The van der Waals surface area contributed by atoms with Crippen LogP contribution in [0.2, 0.25) is 0 Å². The quantitative estimate of drug-likeness (QED) is 0.810. The van der Waals surface area contributed by atoms with Gasteiger partial charge in [0.25, 0.3) is 0 Å². The maximum absolute atomic E-state index is 9.35. The van der Waals surface area contributed by atoms with Crippen LogP contribution in [-0.2, 0) is 5.41 Å². The van der Waals surface area contributed by atoms with E-state index in [2.05, 4.69) is 56.4 Å². The van der Waals surface area contributed by atoms with Gasteiger partial charge in [-0.1, -0.05) is 44.2 Å². The molecule has 0 aliphatic heterocycles. The van der Waals surface area contributed by atoms with Crippen molar-refractivity contribution >= 4 is 0 Å². The molecule has 1 unspecified atom stereocenters. The molecule has 0 saturated heterocycles. The van der Waals surface area contributed by atoms with Crippen LogP contribution in [0, 0.1) is 5.41 Å². The number of rotatable bonds is 6. The first kappa shape index (κ1) is 13.6. The van der Waals surface area contributed by atoms with E-state index in [0.29, 0.717) is 12.6 Å². The zero-order chi connectivity index (χ0) is 13.2. The minimum Gasteiger partial charge on any atom is -0.396 e. The van der Waals surface area contributed by atoms with Crippen molar-refractivity contribution in [3.05, 3.63) is 35.9 Å². The summed E-state index contributed by atoms with van der Waals surface area (Å²) in [4.78, 5) is 0. The van der Waals surface area contributed by atoms with Crippen molar-refractivity contribution in [1.82, 2.24) is 5.32 Å². The van der Waals surface area contributed by atoms with Crippen LogP contribution in [0.15, 0.2) is 30.3 Å². The van der Waals surface area contributed by atoms with Gasteiger partial charge in [0.15, 0.2) is 0 Å². The van der Waals surface area contributed by atoms with Gasteiger partial charge in [-0.2, -0.15) is 0 Å². The Morgan fingerprint density at radius 3 is 2.39 bits per heavy atom. The Kier molecular flexibility index (Phi) is 3.79. The maximum Gasteiger partial charge on any atom is 0.0499 e. The summed E-state index contributed by atoms with van der Waals surface area (Å²) in [6.45, 7) is 8.04. The molecule has 0 amide bonds. The van der Waals surface area contributed by atoms with Crippen LogP contribution in [0.3, 0.4) is 0 Å². The molecule has 2 nitrogen and oxygen atoms in total. The number of hydrogen-bond acceptors (Lipinski definition) is 2. The summed E-state index contributed by atoms with van der Waals surface area (Å²) in [7, 11) is 0. The predicted octanol–water partition coefficient (Wildman–Crippen LogP) is 2.71. The Morgan fingerprint density at radius 2 is 1.89 bits per heavy atom. The van der Waals surface area contributed by atoms with Crippen molar-refractivity contribution in [1.29, 1.82) is 0 Å². The van der Waals surface area contributed by atoms with E-state index in [0.717, 1.165) is 19.4 Å². The Bertz CT molecular complexity index is 381. The summed E-state index contributed by atoms with van der Waals surface area (Å²) in [6.07, 6.45) is 2.32. The van der Waals surface area contributed by atoms with Crippen LogP contribution in [0.25, 0.3) is 0 Å². The van der Waals surface area contributed by atoms with Crippen LogP contribution < -0.4 is 5.32 Å². The van der Waals surface area contributed by atoms with Crippen LogP contribution in [0.5, 0.6) is 0 Å². The lowest BCUT2D eigenvalue weighted by atomic mass is 9.78. The van der Waals surface area contributed by atoms with Gasteiger partial charge >= 0.3 is 0 Å². The third-order valence-corrected chi connectivity index (χ3v) is 4.68. The molecule has 2 heteroatoms. The van der Waals surface area contributed by atoms with E-state index in [1.165, 1.54) is 5.56 Å². The minimum absolute atomic E-state index is 0.104. The van der Waals surface area contributed by atoms with E-state index in [9.17, 15) is 5.11 Å². The zero-order valence-electron chi connectivity index (χ0n) is 11.7. The SMILES string of the molecule is CC(NCC1(CO)CC1)C(C)(C)c1ccccc1. The molecule has 18 heavy (non-hydrogen) atoms. The van der Waals surface area contributed by atoms with Crippen molar-refractivity contribution in [3.8, 4) is 0 Å². The van der Waals surface area contributed by atoms with Crippen LogP contribution in [0.4, 0.5) is 0 Å². The number of hydrogen-bond donors (Lipinski definition) is 2. The van der Waals surface area contributed by atoms with E-state index in [1.54, 1.807) is 0 Å². The number of nitrogens with one attached hydrogen (secondary N) is 1. The summed E-state index contributed by atoms with van der Waals surface area (Å²) in [5, 5.41) is 13.0. The van der Waals surface area contributed by atoms with Gasteiger partial charge in [0.05, 0.1) is 0 Å². The van der Waals surface area contributed by atoms with E-state index in [4.69, 9.17) is 0 Å². The lowest BCUT2D eigenvalue weighted by molar-refractivity contribution is 0.198. The Hall–Kier alpha value is -0.860. The Balaban J connectivity index is 1.97. The maximum atomic E-state index is 9.35. The van der Waals surface area contributed by atoms with Gasteiger partial charge in [-0.05, 0) is 25.3 Å². The monoisotopic (exact) mass is 247 g/mol. The fourth-order valence-corrected chi connectivity index (χ4v) is 2.31. The molecule has 0 heterocycles. The van der Waals surface area contributed by atoms with E-state index < -0.39 is 0 Å². The third-order valence-electron chi connectivity index (χ3n) is 4.68. The van der Waals surface area contributed by atoms with E-state index in [-0.39, 0.29) is 10.8 Å². The molecule has 1 aromatic rings. The first-order valence-corrected chi connectivity index (χ1v) is 6.90. The second kappa shape index (κ2) is 5.02. The standard InChI is InChI=1S/C16H25NO/c1-13(17-11-16(12-18)9-10-16)15(2,3)14-7-5-4-6-8-14/h4-8,13,17-18H,9-12H2,1-3H3. The van der Waals surface area contributed by atoms with Crippen LogP contribution in [-0.4, -0.2) is 24.3 Å². The average molecular weight is 247 g/mol. The van der Waals surface area contributed by atoms with Crippen LogP contribution >= 0.6 is 0 Å². The summed E-state index contributed by atoms with van der Waals surface area (Å²) >= 11 is 0. The molecule has 1 fully saturated rings. The summed E-state index contributed by atoms with van der Waals surface area (Å²) < 4.78 is 0. The van der Waals surface area contributed by atoms with E-state index in [1.807, 2.05) is 0 Å². The molecule has 0 bridgehead atoms. The first-order valence-electron chi connectivity index (χ1n) is 6.90. The number of aliphatic hydroxyl groups excluding tert-OH is 1. The van der Waals surface area contributed by atoms with Gasteiger partial charge in [-0.3, -0.25) is 0 Å². The molecule has 100 valence electrons. The van der Waals surface area contributed by atoms with Crippen molar-refractivity contribution < 1.29 is 5.11 Å². The molecule has 1 saturated carbocycles. The molecular weight excluding hydrogens is 222 g/mol. The summed E-state index contributed by atoms with van der Waals surface area (Å²) in [5.41, 5.74) is 1.65. The lowest BCUT2D eigenvalue weighted by Crippen LogP contribution is -2.45. The smallest absolute Gasteiger partial charge is 0.0499 e. The van der Waals surface area contributed by atoms with Crippen molar-refractivity contribution in [3.63, 3.8) is 0 Å². The lowest BCUT2D eigenvalue weighted by Gasteiger charge is -2.34. The molecule has 0 radical (unpaired) electrons. The molecule has 0 spiro atoms. The highest BCUT2D eigenvalue weighted by atomic mass is 16.3. The molecule has 2 N–H and O–H groups in total. The number of aliphatic hydroxyl groups is 1. The molecule has 1 aliphatic carbocycles. The van der Waals surface area contributed by atoms with Crippen molar-refractivity contribution in [2.45, 2.75) is 45.1 Å². The second-order valence-electron chi connectivity index (χ2n) is 6.35. The molecule has 2 rings (SSSR count). The predicted molar refractivity (Wildman–Crippen MR) is 75.7 cm³/mol. The number of benzene rings is 1. The fraction of sp³-hybridized carbons (Fsp3) is 0.625. The molecule has 0 aromatic heterocycles. The van der Waals surface area contributed by atoms with Crippen molar-refractivity contribution in [2.24, 2.45) is 5.41 Å². The molecular formula is C16H25NO. The molecule has 1 aliphatic rings.